The lowest BCUT2D eigenvalue weighted by atomic mass is 10.1. The van der Waals surface area contributed by atoms with Gasteiger partial charge in [0.1, 0.15) is 12.1 Å². The van der Waals surface area contributed by atoms with Gasteiger partial charge in [-0.15, -0.1) is 0 Å². The number of anilines is 2. The number of aromatic nitrogens is 2. The van der Waals surface area contributed by atoms with E-state index in [2.05, 4.69) is 9.97 Å². The van der Waals surface area contributed by atoms with E-state index in [1.807, 2.05) is 50.2 Å². The van der Waals surface area contributed by atoms with Gasteiger partial charge in [0.15, 0.2) is 0 Å². The average molecular weight is 350 g/mol. The van der Waals surface area contributed by atoms with Crippen LogP contribution in [0.3, 0.4) is 0 Å². The zero-order valence-electron chi connectivity index (χ0n) is 14.7. The maximum Gasteiger partial charge on any atom is 0.373 e. The SMILES string of the molecule is Cc1cc(C)cc(Oc2ncnc(N(C)c3ccccc3)c2[N+](=O)[O-])c1. The van der Waals surface area contributed by atoms with E-state index in [1.54, 1.807) is 24.1 Å². The van der Waals surface area contributed by atoms with Crippen molar-refractivity contribution in [2.45, 2.75) is 13.8 Å². The molecule has 3 aromatic rings. The molecule has 0 saturated heterocycles. The van der Waals surface area contributed by atoms with Crippen molar-refractivity contribution in [3.8, 4) is 11.6 Å². The Hall–Kier alpha value is -3.48. The number of para-hydroxylation sites is 1. The minimum Gasteiger partial charge on any atom is -0.434 e. The lowest BCUT2D eigenvalue weighted by Crippen LogP contribution is -2.14. The number of nitrogens with zero attached hydrogens (tertiary/aromatic N) is 4. The molecule has 7 nitrogen and oxygen atoms in total. The van der Waals surface area contributed by atoms with Crippen LogP contribution in [0.5, 0.6) is 11.6 Å². The first-order chi connectivity index (χ1) is 12.5. The van der Waals surface area contributed by atoms with Crippen molar-refractivity contribution in [2.24, 2.45) is 0 Å². The number of hydrogen-bond donors (Lipinski definition) is 0. The second kappa shape index (κ2) is 7.18. The molecule has 0 N–H and O–H groups in total. The van der Waals surface area contributed by atoms with E-state index in [9.17, 15) is 10.1 Å². The Morgan fingerprint density at radius 2 is 1.69 bits per heavy atom. The van der Waals surface area contributed by atoms with Gasteiger partial charge in [0.25, 0.3) is 0 Å². The molecule has 2 aromatic carbocycles. The van der Waals surface area contributed by atoms with Crippen molar-refractivity contribution in [1.82, 2.24) is 9.97 Å². The molecule has 1 aromatic heterocycles. The fourth-order valence-corrected chi connectivity index (χ4v) is 2.71. The number of ether oxygens (including phenoxy) is 1. The Balaban J connectivity index is 2.05. The van der Waals surface area contributed by atoms with Crippen LogP contribution >= 0.6 is 0 Å². The summed E-state index contributed by atoms with van der Waals surface area (Å²) in [5, 5.41) is 11.7. The Morgan fingerprint density at radius 1 is 1.04 bits per heavy atom. The van der Waals surface area contributed by atoms with Gasteiger partial charge in [0.05, 0.1) is 4.92 Å². The van der Waals surface area contributed by atoms with Crippen molar-refractivity contribution in [2.75, 3.05) is 11.9 Å². The van der Waals surface area contributed by atoms with E-state index >= 15 is 0 Å². The molecule has 0 amide bonds. The fraction of sp³-hybridized carbons (Fsp3) is 0.158. The third kappa shape index (κ3) is 3.61. The number of benzene rings is 2. The van der Waals surface area contributed by atoms with Crippen LogP contribution in [0.2, 0.25) is 0 Å². The fourth-order valence-electron chi connectivity index (χ4n) is 2.71. The highest BCUT2D eigenvalue weighted by molar-refractivity contribution is 5.70. The van der Waals surface area contributed by atoms with Gasteiger partial charge in [-0.3, -0.25) is 10.1 Å². The second-order valence-corrected chi connectivity index (χ2v) is 5.93. The van der Waals surface area contributed by atoms with Crippen LogP contribution in [0.15, 0.2) is 54.9 Å². The topological polar surface area (TPSA) is 81.4 Å². The Kier molecular flexibility index (Phi) is 4.79. The zero-order chi connectivity index (χ0) is 18.7. The highest BCUT2D eigenvalue weighted by Crippen LogP contribution is 2.38. The Labute approximate surface area is 151 Å². The van der Waals surface area contributed by atoms with Gasteiger partial charge in [-0.25, -0.2) is 4.98 Å². The highest BCUT2D eigenvalue weighted by atomic mass is 16.6. The first-order valence-electron chi connectivity index (χ1n) is 8.00. The van der Waals surface area contributed by atoms with Crippen LogP contribution in [0, 0.1) is 24.0 Å². The molecule has 132 valence electrons. The van der Waals surface area contributed by atoms with E-state index in [0.717, 1.165) is 16.8 Å². The molecule has 3 rings (SSSR count). The quantitative estimate of drug-likeness (QED) is 0.495. The molecule has 0 aliphatic carbocycles. The van der Waals surface area contributed by atoms with Crippen molar-refractivity contribution in [3.05, 3.63) is 76.1 Å². The van der Waals surface area contributed by atoms with Crippen molar-refractivity contribution in [1.29, 1.82) is 0 Å². The molecule has 0 aliphatic heterocycles. The molecule has 0 aliphatic rings. The van der Waals surface area contributed by atoms with Gasteiger partial charge in [-0.05, 0) is 49.2 Å². The summed E-state index contributed by atoms with van der Waals surface area (Å²) in [7, 11) is 1.71. The van der Waals surface area contributed by atoms with Crippen LogP contribution < -0.4 is 9.64 Å². The van der Waals surface area contributed by atoms with E-state index in [4.69, 9.17) is 4.74 Å². The molecule has 0 saturated carbocycles. The van der Waals surface area contributed by atoms with Crippen LogP contribution in [0.1, 0.15) is 11.1 Å². The molecule has 26 heavy (non-hydrogen) atoms. The van der Waals surface area contributed by atoms with Crippen molar-refractivity contribution in [3.63, 3.8) is 0 Å². The van der Waals surface area contributed by atoms with E-state index in [0.29, 0.717) is 5.75 Å². The first-order valence-corrected chi connectivity index (χ1v) is 8.00. The molecular weight excluding hydrogens is 332 g/mol. The van der Waals surface area contributed by atoms with Crippen molar-refractivity contribution < 1.29 is 9.66 Å². The first kappa shape index (κ1) is 17.3. The average Bonchev–Trinajstić information content (AvgIpc) is 2.60. The van der Waals surface area contributed by atoms with Gasteiger partial charge < -0.3 is 9.64 Å². The molecule has 0 bridgehead atoms. The largest absolute Gasteiger partial charge is 0.434 e. The number of aryl methyl sites for hydroxylation is 2. The third-order valence-electron chi connectivity index (χ3n) is 3.82. The van der Waals surface area contributed by atoms with E-state index < -0.39 is 4.92 Å². The zero-order valence-corrected chi connectivity index (χ0v) is 14.7. The summed E-state index contributed by atoms with van der Waals surface area (Å²) in [6.07, 6.45) is 1.26. The number of hydrogen-bond acceptors (Lipinski definition) is 6. The monoisotopic (exact) mass is 350 g/mol. The number of nitro groups is 1. The maximum absolute atomic E-state index is 11.7. The van der Waals surface area contributed by atoms with Crippen LogP contribution in [0.25, 0.3) is 0 Å². The third-order valence-corrected chi connectivity index (χ3v) is 3.82. The molecule has 0 unspecified atom stereocenters. The summed E-state index contributed by atoms with van der Waals surface area (Å²) >= 11 is 0. The van der Waals surface area contributed by atoms with Crippen LogP contribution in [-0.4, -0.2) is 21.9 Å². The lowest BCUT2D eigenvalue weighted by molar-refractivity contribution is -0.385. The summed E-state index contributed by atoms with van der Waals surface area (Å²) in [5.74, 6) is 0.570. The summed E-state index contributed by atoms with van der Waals surface area (Å²) in [6.45, 7) is 3.87. The molecule has 0 fully saturated rings. The smallest absolute Gasteiger partial charge is 0.373 e. The van der Waals surface area contributed by atoms with Gasteiger partial charge in [0.2, 0.25) is 5.82 Å². The van der Waals surface area contributed by atoms with Crippen molar-refractivity contribution >= 4 is 17.2 Å². The van der Waals surface area contributed by atoms with Gasteiger partial charge in [-0.1, -0.05) is 24.3 Å². The second-order valence-electron chi connectivity index (χ2n) is 5.93. The predicted octanol–water partition coefficient (Wildman–Crippen LogP) is 4.56. The van der Waals surface area contributed by atoms with Crippen LogP contribution in [-0.2, 0) is 0 Å². The van der Waals surface area contributed by atoms with E-state index in [-0.39, 0.29) is 17.4 Å². The summed E-state index contributed by atoms with van der Waals surface area (Å²) in [4.78, 5) is 20.9. The van der Waals surface area contributed by atoms with Gasteiger partial charge >= 0.3 is 11.6 Å². The summed E-state index contributed by atoms with van der Waals surface area (Å²) in [6, 6.07) is 14.9. The molecule has 0 radical (unpaired) electrons. The minimum atomic E-state index is -0.521. The standard InChI is InChI=1S/C19H18N4O3/c1-13-9-14(2)11-16(10-13)26-19-17(23(24)25)18(20-12-21-19)22(3)15-7-5-4-6-8-15/h4-12H,1-3H3. The summed E-state index contributed by atoms with van der Waals surface area (Å²) < 4.78 is 5.74. The summed E-state index contributed by atoms with van der Waals surface area (Å²) in [5.41, 5.74) is 2.49. The molecular formula is C19H18N4O3. The molecule has 0 atom stereocenters. The number of rotatable bonds is 5. The lowest BCUT2D eigenvalue weighted by Gasteiger charge is -2.18. The molecule has 7 heteroatoms. The normalized spacial score (nSPS) is 10.4. The maximum atomic E-state index is 11.7. The van der Waals surface area contributed by atoms with Gasteiger partial charge in [-0.2, -0.15) is 4.98 Å². The highest BCUT2D eigenvalue weighted by Gasteiger charge is 2.28. The van der Waals surface area contributed by atoms with Crippen LogP contribution in [0.4, 0.5) is 17.2 Å². The van der Waals surface area contributed by atoms with Gasteiger partial charge in [0, 0.05) is 12.7 Å². The predicted molar refractivity (Wildman–Crippen MR) is 99.2 cm³/mol. The van der Waals surface area contributed by atoms with E-state index in [1.165, 1.54) is 6.33 Å². The Morgan fingerprint density at radius 3 is 2.31 bits per heavy atom. The molecule has 1 heterocycles. The minimum absolute atomic E-state index is 0.0900. The Bertz CT molecular complexity index is 925. The molecule has 0 spiro atoms.